The van der Waals surface area contributed by atoms with Gasteiger partial charge in [-0.1, -0.05) is 0 Å². The largest absolute Gasteiger partial charge is 0.480 e. The normalized spacial score (nSPS) is 15.8. The van der Waals surface area contributed by atoms with Crippen molar-refractivity contribution in [2.75, 3.05) is 24.3 Å². The summed E-state index contributed by atoms with van der Waals surface area (Å²) in [4.78, 5) is 48.8. The minimum atomic E-state index is -1.41. The number of carboxylic acid groups (broad SMARTS) is 1. The number of carbonyl (C=O) groups excluding carboxylic acids is 3. The van der Waals surface area contributed by atoms with Crippen LogP contribution in [0.5, 0.6) is 0 Å². The zero-order chi connectivity index (χ0) is 24.0. The number of aliphatic hydroxyl groups is 1. The summed E-state index contributed by atoms with van der Waals surface area (Å²) >= 11 is 5.38. The number of nitrogens with one attached hydrogen (secondary N) is 3. The lowest BCUT2D eigenvalue weighted by atomic mass is 10.1. The molecule has 0 aliphatic heterocycles. The molecule has 0 saturated heterocycles. The molecule has 13 heteroatoms. The number of hydrogen-bond acceptors (Lipinski definition) is 9. The van der Waals surface area contributed by atoms with Gasteiger partial charge in [-0.3, -0.25) is 14.4 Å². The Labute approximate surface area is 192 Å². The molecule has 0 aromatic carbocycles. The fourth-order valence-electron chi connectivity index (χ4n) is 2.54. The SMILES string of the molecule is CSCCC(NC(=O)C(NC(=O)C(CCCCN)NC(=O)C(N)CS)C(C)O)C(=O)O. The van der Waals surface area contributed by atoms with Crippen LogP contribution in [0.15, 0.2) is 0 Å². The summed E-state index contributed by atoms with van der Waals surface area (Å²) in [5, 5.41) is 26.5. The molecular formula is C18H35N5O6S2. The van der Waals surface area contributed by atoms with E-state index < -0.39 is 54.0 Å². The van der Waals surface area contributed by atoms with Crippen LogP contribution in [0.1, 0.15) is 32.6 Å². The predicted octanol–water partition coefficient (Wildman–Crippen LogP) is -1.95. The molecule has 5 unspecified atom stereocenters. The fraction of sp³-hybridized carbons (Fsp3) is 0.778. The molecule has 9 N–H and O–H groups in total. The number of aliphatic hydroxyl groups excluding tert-OH is 1. The first-order valence-electron chi connectivity index (χ1n) is 9.96. The molecule has 0 aromatic rings. The summed E-state index contributed by atoms with van der Waals surface area (Å²) in [6.07, 6.45) is 2.08. The minimum Gasteiger partial charge on any atom is -0.480 e. The first-order valence-corrected chi connectivity index (χ1v) is 12.0. The Hall–Kier alpha value is -1.54. The maximum atomic E-state index is 12.8. The van der Waals surface area contributed by atoms with Gasteiger partial charge in [0.25, 0.3) is 0 Å². The Morgan fingerprint density at radius 1 is 1.00 bits per heavy atom. The molecule has 31 heavy (non-hydrogen) atoms. The summed E-state index contributed by atoms with van der Waals surface area (Å²) in [5.41, 5.74) is 11.1. The third-order valence-electron chi connectivity index (χ3n) is 4.40. The highest BCUT2D eigenvalue weighted by molar-refractivity contribution is 7.98. The third kappa shape index (κ3) is 11.6. The summed E-state index contributed by atoms with van der Waals surface area (Å²) < 4.78 is 0. The van der Waals surface area contributed by atoms with Crippen molar-refractivity contribution in [3.8, 4) is 0 Å². The first-order chi connectivity index (χ1) is 14.6. The zero-order valence-electron chi connectivity index (χ0n) is 17.9. The molecule has 0 heterocycles. The number of thiol groups is 1. The summed E-state index contributed by atoms with van der Waals surface area (Å²) in [6.45, 7) is 1.70. The van der Waals surface area contributed by atoms with E-state index in [1.165, 1.54) is 18.7 Å². The van der Waals surface area contributed by atoms with Crippen molar-refractivity contribution in [2.45, 2.75) is 62.9 Å². The highest BCUT2D eigenvalue weighted by atomic mass is 32.2. The van der Waals surface area contributed by atoms with E-state index in [4.69, 9.17) is 11.5 Å². The Balaban J connectivity index is 5.31. The van der Waals surface area contributed by atoms with Crippen molar-refractivity contribution >= 4 is 48.1 Å². The van der Waals surface area contributed by atoms with Gasteiger partial charge < -0.3 is 37.6 Å². The maximum absolute atomic E-state index is 12.8. The molecule has 0 rings (SSSR count). The van der Waals surface area contributed by atoms with Crippen LogP contribution in [-0.4, -0.2) is 88.5 Å². The van der Waals surface area contributed by atoms with Crippen molar-refractivity contribution < 1.29 is 29.4 Å². The van der Waals surface area contributed by atoms with E-state index in [1.807, 2.05) is 0 Å². The van der Waals surface area contributed by atoms with Gasteiger partial charge >= 0.3 is 5.97 Å². The maximum Gasteiger partial charge on any atom is 0.326 e. The van der Waals surface area contributed by atoms with E-state index in [0.29, 0.717) is 25.1 Å². The van der Waals surface area contributed by atoms with Crippen LogP contribution in [0.25, 0.3) is 0 Å². The van der Waals surface area contributed by atoms with Crippen LogP contribution in [0.3, 0.4) is 0 Å². The van der Waals surface area contributed by atoms with Gasteiger partial charge in [-0.2, -0.15) is 24.4 Å². The molecular weight excluding hydrogens is 446 g/mol. The molecule has 0 aromatic heterocycles. The molecule has 180 valence electrons. The van der Waals surface area contributed by atoms with Gasteiger partial charge in [0.05, 0.1) is 12.1 Å². The van der Waals surface area contributed by atoms with E-state index in [2.05, 4.69) is 28.6 Å². The quantitative estimate of drug-likeness (QED) is 0.0911. The number of unbranched alkanes of at least 4 members (excludes halogenated alkanes) is 1. The smallest absolute Gasteiger partial charge is 0.326 e. The number of amides is 3. The molecule has 0 saturated carbocycles. The highest BCUT2D eigenvalue weighted by Crippen LogP contribution is 2.06. The molecule has 5 atom stereocenters. The molecule has 0 fully saturated rings. The number of thioether (sulfide) groups is 1. The molecule has 11 nitrogen and oxygen atoms in total. The van der Waals surface area contributed by atoms with Crippen LogP contribution in [0, 0.1) is 0 Å². The van der Waals surface area contributed by atoms with Crippen molar-refractivity contribution in [1.29, 1.82) is 0 Å². The average molecular weight is 482 g/mol. The standard InChI is InChI=1S/C18H35N5O6S2/c1-10(24)14(17(27)22-13(18(28)29)6-8-31-2)23-16(26)12(5-3-4-7-19)21-15(25)11(20)9-30/h10-14,24,30H,3-9,19-20H2,1-2H3,(H,21,25)(H,22,27)(H,23,26)(H,28,29). The van der Waals surface area contributed by atoms with Gasteiger partial charge in [0.2, 0.25) is 17.7 Å². The molecule has 0 aliphatic carbocycles. The van der Waals surface area contributed by atoms with E-state index in [0.717, 1.165) is 0 Å². The molecule has 3 amide bonds. The average Bonchev–Trinajstić information content (AvgIpc) is 2.72. The lowest BCUT2D eigenvalue weighted by Gasteiger charge is -2.26. The number of carbonyl (C=O) groups is 4. The Kier molecular flexibility index (Phi) is 15.3. The zero-order valence-corrected chi connectivity index (χ0v) is 19.6. The van der Waals surface area contributed by atoms with Gasteiger partial charge in [-0.15, -0.1) is 0 Å². The second-order valence-corrected chi connectivity index (χ2v) is 8.39. The number of hydrogen-bond donors (Lipinski definition) is 8. The van der Waals surface area contributed by atoms with Crippen LogP contribution >= 0.6 is 24.4 Å². The molecule has 0 bridgehead atoms. The minimum absolute atomic E-state index is 0.0777. The number of nitrogens with two attached hydrogens (primary N) is 2. The van der Waals surface area contributed by atoms with Crippen molar-refractivity contribution in [2.24, 2.45) is 11.5 Å². The van der Waals surface area contributed by atoms with E-state index in [1.54, 1.807) is 6.26 Å². The number of rotatable bonds is 16. The Bertz CT molecular complexity index is 596. The Morgan fingerprint density at radius 3 is 2.10 bits per heavy atom. The second kappa shape index (κ2) is 16.1. The summed E-state index contributed by atoms with van der Waals surface area (Å²) in [5.74, 6) is -2.75. The van der Waals surface area contributed by atoms with Gasteiger partial charge in [-0.25, -0.2) is 4.79 Å². The monoisotopic (exact) mass is 481 g/mol. The highest BCUT2D eigenvalue weighted by Gasteiger charge is 2.32. The van der Waals surface area contributed by atoms with Crippen LogP contribution in [0.2, 0.25) is 0 Å². The molecule has 0 radical (unpaired) electrons. The topological polar surface area (TPSA) is 197 Å². The summed E-state index contributed by atoms with van der Waals surface area (Å²) in [6, 6.07) is -4.50. The fourth-order valence-corrected chi connectivity index (χ4v) is 3.17. The summed E-state index contributed by atoms with van der Waals surface area (Å²) in [7, 11) is 0. The predicted molar refractivity (Wildman–Crippen MR) is 123 cm³/mol. The van der Waals surface area contributed by atoms with Crippen LogP contribution in [-0.2, 0) is 19.2 Å². The van der Waals surface area contributed by atoms with Crippen LogP contribution in [0.4, 0.5) is 0 Å². The third-order valence-corrected chi connectivity index (χ3v) is 5.44. The van der Waals surface area contributed by atoms with E-state index in [9.17, 15) is 29.4 Å². The molecule has 0 spiro atoms. The van der Waals surface area contributed by atoms with Crippen molar-refractivity contribution in [3.63, 3.8) is 0 Å². The number of carboxylic acids is 1. The second-order valence-electron chi connectivity index (χ2n) is 7.04. The first kappa shape index (κ1) is 29.5. The lowest BCUT2D eigenvalue weighted by molar-refractivity contribution is -0.143. The Morgan fingerprint density at radius 2 is 1.61 bits per heavy atom. The van der Waals surface area contributed by atoms with Gasteiger partial charge in [0.15, 0.2) is 0 Å². The van der Waals surface area contributed by atoms with Gasteiger partial charge in [0.1, 0.15) is 18.1 Å². The van der Waals surface area contributed by atoms with Gasteiger partial charge in [-0.05, 0) is 51.2 Å². The van der Waals surface area contributed by atoms with Crippen molar-refractivity contribution in [1.82, 2.24) is 16.0 Å². The van der Waals surface area contributed by atoms with Gasteiger partial charge in [0, 0.05) is 5.75 Å². The number of aliphatic carboxylic acids is 1. The van der Waals surface area contributed by atoms with Crippen molar-refractivity contribution in [3.05, 3.63) is 0 Å². The van der Waals surface area contributed by atoms with E-state index >= 15 is 0 Å². The lowest BCUT2D eigenvalue weighted by Crippen LogP contribution is -2.60. The van der Waals surface area contributed by atoms with E-state index in [-0.39, 0.29) is 18.6 Å². The van der Waals surface area contributed by atoms with Crippen LogP contribution < -0.4 is 27.4 Å². The molecule has 0 aliphatic rings.